The molecule has 2 aromatic carbocycles. The van der Waals surface area contributed by atoms with Crippen LogP contribution in [-0.4, -0.2) is 31.7 Å². The van der Waals surface area contributed by atoms with Crippen molar-refractivity contribution >= 4 is 43.6 Å². The number of benzene rings is 2. The standard InChI is InChI=1S/C20H23BrN2O3S/c1-4-23(5-2)27(25,26)18-10-6-16(7-11-18)8-13-20(24)22-19-12-9-17(21)14-15(19)3/h6-14H,4-5H2,1-3H3,(H,22,24). The highest BCUT2D eigenvalue weighted by Crippen LogP contribution is 2.20. The van der Waals surface area contributed by atoms with Crippen LogP contribution in [0.15, 0.2) is 57.9 Å². The van der Waals surface area contributed by atoms with E-state index in [0.29, 0.717) is 13.1 Å². The third kappa shape index (κ3) is 5.51. The number of amides is 1. The number of rotatable bonds is 7. The van der Waals surface area contributed by atoms with Gasteiger partial charge in [-0.1, -0.05) is 41.9 Å². The normalized spacial score (nSPS) is 11.9. The van der Waals surface area contributed by atoms with E-state index >= 15 is 0 Å². The first-order chi connectivity index (χ1) is 12.8. The minimum atomic E-state index is -3.47. The fourth-order valence-corrected chi connectivity index (χ4v) is 4.51. The number of aryl methyl sites for hydroxylation is 1. The van der Waals surface area contributed by atoms with Gasteiger partial charge >= 0.3 is 0 Å². The maximum Gasteiger partial charge on any atom is 0.248 e. The molecule has 27 heavy (non-hydrogen) atoms. The molecular formula is C20H23BrN2O3S. The summed E-state index contributed by atoms with van der Waals surface area (Å²) in [6.45, 7) is 6.39. The Balaban J connectivity index is 2.08. The van der Waals surface area contributed by atoms with Crippen LogP contribution in [0.4, 0.5) is 5.69 Å². The van der Waals surface area contributed by atoms with Gasteiger partial charge in [0.05, 0.1) is 4.90 Å². The highest BCUT2D eigenvalue weighted by molar-refractivity contribution is 9.10. The molecule has 7 heteroatoms. The van der Waals surface area contributed by atoms with Crippen LogP contribution >= 0.6 is 15.9 Å². The molecular weight excluding hydrogens is 428 g/mol. The molecule has 0 fully saturated rings. The van der Waals surface area contributed by atoms with Gasteiger partial charge in [0.2, 0.25) is 15.9 Å². The molecule has 0 saturated carbocycles. The molecule has 5 nitrogen and oxygen atoms in total. The molecule has 0 aliphatic carbocycles. The Morgan fingerprint density at radius 3 is 2.30 bits per heavy atom. The van der Waals surface area contributed by atoms with E-state index in [2.05, 4.69) is 21.2 Å². The predicted octanol–water partition coefficient (Wildman–Crippen LogP) is 4.44. The smallest absolute Gasteiger partial charge is 0.248 e. The second-order valence-electron chi connectivity index (χ2n) is 5.94. The van der Waals surface area contributed by atoms with E-state index in [1.807, 2.05) is 39.0 Å². The van der Waals surface area contributed by atoms with E-state index in [9.17, 15) is 13.2 Å². The molecule has 0 aliphatic rings. The molecule has 0 heterocycles. The first-order valence-electron chi connectivity index (χ1n) is 8.63. The van der Waals surface area contributed by atoms with Crippen molar-refractivity contribution < 1.29 is 13.2 Å². The number of nitrogens with one attached hydrogen (secondary N) is 1. The zero-order valence-corrected chi connectivity index (χ0v) is 18.0. The van der Waals surface area contributed by atoms with Crippen LogP contribution in [0.2, 0.25) is 0 Å². The van der Waals surface area contributed by atoms with Crippen LogP contribution in [0, 0.1) is 6.92 Å². The fourth-order valence-electron chi connectivity index (χ4n) is 2.58. The highest BCUT2D eigenvalue weighted by atomic mass is 79.9. The van der Waals surface area contributed by atoms with Gasteiger partial charge in [-0.05, 0) is 54.5 Å². The fraction of sp³-hybridized carbons (Fsp3) is 0.250. The van der Waals surface area contributed by atoms with Crippen molar-refractivity contribution in [3.05, 3.63) is 64.1 Å². The summed E-state index contributed by atoms with van der Waals surface area (Å²) < 4.78 is 27.3. The SMILES string of the molecule is CCN(CC)S(=O)(=O)c1ccc(C=CC(=O)Nc2ccc(Br)cc2C)cc1. The number of anilines is 1. The van der Waals surface area contributed by atoms with Gasteiger partial charge in [-0.25, -0.2) is 8.42 Å². The molecule has 2 aromatic rings. The number of hydrogen-bond acceptors (Lipinski definition) is 3. The van der Waals surface area contributed by atoms with E-state index < -0.39 is 10.0 Å². The van der Waals surface area contributed by atoms with Crippen LogP contribution in [0.1, 0.15) is 25.0 Å². The summed E-state index contributed by atoms with van der Waals surface area (Å²) in [5.41, 5.74) is 2.45. The maximum absolute atomic E-state index is 12.5. The highest BCUT2D eigenvalue weighted by Gasteiger charge is 2.20. The van der Waals surface area contributed by atoms with Gasteiger partial charge in [-0.15, -0.1) is 0 Å². The number of carbonyl (C=O) groups is 1. The summed E-state index contributed by atoms with van der Waals surface area (Å²) in [6.07, 6.45) is 3.08. The first-order valence-corrected chi connectivity index (χ1v) is 10.9. The van der Waals surface area contributed by atoms with Crippen molar-refractivity contribution in [2.75, 3.05) is 18.4 Å². The van der Waals surface area contributed by atoms with Crippen molar-refractivity contribution in [3.8, 4) is 0 Å². The third-order valence-electron chi connectivity index (χ3n) is 4.10. The van der Waals surface area contributed by atoms with E-state index in [-0.39, 0.29) is 10.8 Å². The molecule has 2 rings (SSSR count). The Morgan fingerprint density at radius 1 is 1.11 bits per heavy atom. The molecule has 0 unspecified atom stereocenters. The monoisotopic (exact) mass is 450 g/mol. The Labute approximate surface area is 169 Å². The lowest BCUT2D eigenvalue weighted by atomic mass is 10.2. The van der Waals surface area contributed by atoms with E-state index in [1.54, 1.807) is 30.3 Å². The van der Waals surface area contributed by atoms with Crippen LogP contribution in [0.3, 0.4) is 0 Å². The average Bonchev–Trinajstić information content (AvgIpc) is 2.63. The second-order valence-corrected chi connectivity index (χ2v) is 8.79. The molecule has 0 aromatic heterocycles. The Morgan fingerprint density at radius 2 is 1.74 bits per heavy atom. The molecule has 0 spiro atoms. The van der Waals surface area contributed by atoms with Crippen LogP contribution < -0.4 is 5.32 Å². The van der Waals surface area contributed by atoms with Crippen LogP contribution in [0.5, 0.6) is 0 Å². The Bertz CT molecular complexity index is 934. The van der Waals surface area contributed by atoms with Crippen molar-refractivity contribution in [2.24, 2.45) is 0 Å². The summed E-state index contributed by atoms with van der Waals surface area (Å²) in [5, 5.41) is 2.82. The summed E-state index contributed by atoms with van der Waals surface area (Å²) in [4.78, 5) is 12.4. The van der Waals surface area contributed by atoms with Crippen LogP contribution in [-0.2, 0) is 14.8 Å². The zero-order chi connectivity index (χ0) is 20.0. The number of sulfonamides is 1. The van der Waals surface area contributed by atoms with Gasteiger partial charge in [0, 0.05) is 29.3 Å². The minimum absolute atomic E-state index is 0.248. The lowest BCUT2D eigenvalue weighted by molar-refractivity contribution is -0.111. The van der Waals surface area contributed by atoms with Crippen molar-refractivity contribution in [1.82, 2.24) is 4.31 Å². The lowest BCUT2D eigenvalue weighted by Crippen LogP contribution is -2.30. The molecule has 0 aliphatic heterocycles. The van der Waals surface area contributed by atoms with E-state index in [0.717, 1.165) is 21.3 Å². The minimum Gasteiger partial charge on any atom is -0.322 e. The third-order valence-corrected chi connectivity index (χ3v) is 6.65. The quantitative estimate of drug-likeness (QED) is 0.633. The topological polar surface area (TPSA) is 66.5 Å². The summed E-state index contributed by atoms with van der Waals surface area (Å²) in [5.74, 6) is -0.250. The largest absolute Gasteiger partial charge is 0.322 e. The van der Waals surface area contributed by atoms with Gasteiger partial charge in [-0.2, -0.15) is 4.31 Å². The molecule has 1 amide bonds. The molecule has 0 atom stereocenters. The number of carbonyl (C=O) groups excluding carboxylic acids is 1. The Kier molecular flexibility index (Phi) is 7.35. The lowest BCUT2D eigenvalue weighted by Gasteiger charge is -2.18. The Hall–Kier alpha value is -1.96. The molecule has 144 valence electrons. The number of nitrogens with zero attached hydrogens (tertiary/aromatic N) is 1. The molecule has 1 N–H and O–H groups in total. The second kappa shape index (κ2) is 9.30. The van der Waals surface area contributed by atoms with Gasteiger partial charge < -0.3 is 5.32 Å². The zero-order valence-electron chi connectivity index (χ0n) is 15.6. The number of halogens is 1. The van der Waals surface area contributed by atoms with Crippen LogP contribution in [0.25, 0.3) is 6.08 Å². The van der Waals surface area contributed by atoms with Crippen molar-refractivity contribution in [3.63, 3.8) is 0 Å². The number of hydrogen-bond donors (Lipinski definition) is 1. The summed E-state index contributed by atoms with van der Waals surface area (Å²) in [6, 6.07) is 12.1. The molecule has 0 saturated heterocycles. The van der Waals surface area contributed by atoms with Gasteiger partial charge in [-0.3, -0.25) is 4.79 Å². The van der Waals surface area contributed by atoms with E-state index in [1.165, 1.54) is 10.4 Å². The first kappa shape index (κ1) is 21.3. The summed E-state index contributed by atoms with van der Waals surface area (Å²) in [7, 11) is -3.47. The van der Waals surface area contributed by atoms with E-state index in [4.69, 9.17) is 0 Å². The van der Waals surface area contributed by atoms with Gasteiger partial charge in [0.15, 0.2) is 0 Å². The average molecular weight is 451 g/mol. The molecule has 0 radical (unpaired) electrons. The van der Waals surface area contributed by atoms with Crippen molar-refractivity contribution in [2.45, 2.75) is 25.7 Å². The summed E-state index contributed by atoms with van der Waals surface area (Å²) >= 11 is 3.39. The molecule has 0 bridgehead atoms. The predicted molar refractivity (Wildman–Crippen MR) is 113 cm³/mol. The van der Waals surface area contributed by atoms with Crippen molar-refractivity contribution in [1.29, 1.82) is 0 Å². The van der Waals surface area contributed by atoms with Gasteiger partial charge in [0.1, 0.15) is 0 Å². The van der Waals surface area contributed by atoms with Gasteiger partial charge in [0.25, 0.3) is 0 Å². The maximum atomic E-state index is 12.5.